The molecular formula is C58H38N2. The van der Waals surface area contributed by atoms with Crippen LogP contribution in [0.3, 0.4) is 0 Å². The lowest BCUT2D eigenvalue weighted by atomic mass is 9.66. The lowest BCUT2D eigenvalue weighted by Gasteiger charge is -2.35. The van der Waals surface area contributed by atoms with Crippen molar-refractivity contribution in [3.63, 3.8) is 0 Å². The van der Waals surface area contributed by atoms with Crippen LogP contribution in [0.2, 0.25) is 0 Å². The van der Waals surface area contributed by atoms with Gasteiger partial charge in [0.15, 0.2) is 0 Å². The van der Waals surface area contributed by atoms with Crippen molar-refractivity contribution in [2.75, 3.05) is 0 Å². The monoisotopic (exact) mass is 762 g/mol. The van der Waals surface area contributed by atoms with Crippen LogP contribution in [0.1, 0.15) is 22.3 Å². The second kappa shape index (κ2) is 13.7. The van der Waals surface area contributed by atoms with E-state index in [0.717, 1.165) is 33.8 Å². The first-order chi connectivity index (χ1) is 29.8. The summed E-state index contributed by atoms with van der Waals surface area (Å²) in [5, 5.41) is 4.99. The van der Waals surface area contributed by atoms with Crippen molar-refractivity contribution >= 4 is 32.6 Å². The molecule has 0 fully saturated rings. The van der Waals surface area contributed by atoms with E-state index in [1.54, 1.807) is 0 Å². The molecule has 0 unspecified atom stereocenters. The van der Waals surface area contributed by atoms with Crippen LogP contribution in [0, 0.1) is 0 Å². The predicted molar refractivity (Wildman–Crippen MR) is 250 cm³/mol. The van der Waals surface area contributed by atoms with Crippen LogP contribution in [-0.4, -0.2) is 9.55 Å². The summed E-state index contributed by atoms with van der Waals surface area (Å²) in [6.45, 7) is 0. The number of pyridine rings is 1. The Labute approximate surface area is 349 Å². The molecule has 11 aromatic rings. The maximum absolute atomic E-state index is 5.41. The van der Waals surface area contributed by atoms with E-state index in [0.29, 0.717) is 0 Å². The molecule has 2 heteroatoms. The van der Waals surface area contributed by atoms with Crippen molar-refractivity contribution in [1.29, 1.82) is 0 Å². The van der Waals surface area contributed by atoms with E-state index in [9.17, 15) is 0 Å². The number of fused-ring (bicyclic) bond motifs is 8. The van der Waals surface area contributed by atoms with Crippen molar-refractivity contribution in [2.24, 2.45) is 0 Å². The number of nitrogens with zero attached hydrogens (tertiary/aromatic N) is 2. The summed E-state index contributed by atoms with van der Waals surface area (Å²) in [6, 6.07) is 84.1. The smallest absolute Gasteiger partial charge is 0.0719 e. The number of rotatable bonds is 6. The average Bonchev–Trinajstić information content (AvgIpc) is 3.84. The molecule has 0 aliphatic heterocycles. The van der Waals surface area contributed by atoms with Crippen LogP contribution in [0.15, 0.2) is 231 Å². The van der Waals surface area contributed by atoms with Crippen LogP contribution in [0.4, 0.5) is 0 Å². The molecule has 0 atom stereocenters. The van der Waals surface area contributed by atoms with E-state index in [1.165, 1.54) is 71.5 Å². The topological polar surface area (TPSA) is 17.8 Å². The fourth-order valence-corrected chi connectivity index (χ4v) is 10.1. The van der Waals surface area contributed by atoms with Gasteiger partial charge < -0.3 is 4.57 Å². The molecule has 9 aromatic carbocycles. The molecule has 0 N–H and O–H groups in total. The van der Waals surface area contributed by atoms with Gasteiger partial charge in [-0.25, -0.2) is 4.98 Å². The van der Waals surface area contributed by atoms with Gasteiger partial charge in [-0.1, -0.05) is 188 Å². The Morgan fingerprint density at radius 1 is 0.367 bits per heavy atom. The van der Waals surface area contributed by atoms with Gasteiger partial charge in [0.25, 0.3) is 0 Å². The molecule has 280 valence electrons. The molecule has 2 aromatic heterocycles. The average molecular weight is 763 g/mol. The fraction of sp³-hybridized carbons (Fsp3) is 0.0172. The highest BCUT2D eigenvalue weighted by Crippen LogP contribution is 2.60. The minimum Gasteiger partial charge on any atom is -0.309 e. The predicted octanol–water partition coefficient (Wildman–Crippen LogP) is 14.7. The summed E-state index contributed by atoms with van der Waals surface area (Å²) in [4.78, 5) is 5.41. The van der Waals surface area contributed by atoms with Gasteiger partial charge in [0, 0.05) is 27.6 Å². The minimum atomic E-state index is -0.537. The van der Waals surface area contributed by atoms with Crippen molar-refractivity contribution in [3.8, 4) is 50.5 Å². The van der Waals surface area contributed by atoms with Crippen LogP contribution < -0.4 is 0 Å². The number of hydrogen-bond donors (Lipinski definition) is 0. The van der Waals surface area contributed by atoms with Gasteiger partial charge in [0.2, 0.25) is 0 Å². The normalized spacial score (nSPS) is 12.8. The van der Waals surface area contributed by atoms with Gasteiger partial charge in [-0.05, 0) is 97.7 Å². The van der Waals surface area contributed by atoms with E-state index in [4.69, 9.17) is 4.98 Å². The van der Waals surface area contributed by atoms with Gasteiger partial charge in [0.1, 0.15) is 0 Å². The van der Waals surface area contributed by atoms with Crippen molar-refractivity contribution in [2.45, 2.75) is 5.41 Å². The molecule has 1 aliphatic rings. The molecule has 0 amide bonds. The third kappa shape index (κ3) is 5.11. The summed E-state index contributed by atoms with van der Waals surface area (Å²) >= 11 is 0. The molecule has 0 radical (unpaired) electrons. The molecule has 0 spiro atoms. The van der Waals surface area contributed by atoms with E-state index < -0.39 is 5.41 Å². The Kier molecular flexibility index (Phi) is 7.79. The molecule has 0 bridgehead atoms. The summed E-state index contributed by atoms with van der Waals surface area (Å²) in [6.07, 6.45) is 0. The number of para-hydroxylation sites is 2. The molecule has 60 heavy (non-hydrogen) atoms. The SMILES string of the molecule is c1ccc(-c2cc(-c3cc4ccccc4c4c3-c3ccccc3C4(c3ccccc3)c3ccccc3)cc(-c3ccc(-n4c5ccccc5c5ccccc54)cc3)n2)cc1. The zero-order valence-corrected chi connectivity index (χ0v) is 32.8. The van der Waals surface area contributed by atoms with Gasteiger partial charge in [-0.15, -0.1) is 0 Å². The van der Waals surface area contributed by atoms with E-state index >= 15 is 0 Å². The molecule has 2 nitrogen and oxygen atoms in total. The standard InChI is InChI=1S/C58H38N2/c1-4-18-39(19-5-1)52-37-42(38-53(59-52)40-32-34-45(35-33-40)60-54-30-16-13-26-47(54)48-27-14-17-31-55(48)60)50-36-41-20-10-11-25-46(41)57-56(50)49-28-12-15-29-51(49)58(57,43-21-6-2-7-22-43)44-23-8-3-9-24-44/h1-38H. The molecule has 0 saturated heterocycles. The van der Waals surface area contributed by atoms with Gasteiger partial charge in [-0.2, -0.15) is 0 Å². The van der Waals surface area contributed by atoms with E-state index in [1.807, 2.05) is 0 Å². The van der Waals surface area contributed by atoms with Crippen molar-refractivity contribution in [3.05, 3.63) is 253 Å². The lowest BCUT2D eigenvalue weighted by Crippen LogP contribution is -2.28. The second-order valence-electron chi connectivity index (χ2n) is 15.8. The number of hydrogen-bond acceptors (Lipinski definition) is 1. The van der Waals surface area contributed by atoms with Crippen molar-refractivity contribution < 1.29 is 0 Å². The summed E-state index contributed by atoms with van der Waals surface area (Å²) < 4.78 is 2.37. The highest BCUT2D eigenvalue weighted by molar-refractivity contribution is 6.10. The Morgan fingerprint density at radius 2 is 0.867 bits per heavy atom. The van der Waals surface area contributed by atoms with Crippen LogP contribution in [0.25, 0.3) is 83.0 Å². The highest BCUT2D eigenvalue weighted by Gasteiger charge is 2.48. The summed E-state index contributed by atoms with van der Waals surface area (Å²) in [5.74, 6) is 0. The van der Waals surface area contributed by atoms with E-state index in [-0.39, 0.29) is 0 Å². The first-order valence-electron chi connectivity index (χ1n) is 20.7. The maximum Gasteiger partial charge on any atom is 0.0719 e. The third-order valence-corrected chi connectivity index (χ3v) is 12.6. The summed E-state index contributed by atoms with van der Waals surface area (Å²) in [5.41, 5.74) is 17.0. The molecule has 0 saturated carbocycles. The Hall–Kier alpha value is -7.81. The first kappa shape index (κ1) is 34.3. The number of aromatic nitrogens is 2. The third-order valence-electron chi connectivity index (χ3n) is 12.6. The minimum absolute atomic E-state index is 0.537. The second-order valence-corrected chi connectivity index (χ2v) is 15.8. The van der Waals surface area contributed by atoms with Gasteiger partial charge >= 0.3 is 0 Å². The molecular weight excluding hydrogens is 725 g/mol. The zero-order chi connectivity index (χ0) is 39.6. The lowest BCUT2D eigenvalue weighted by molar-refractivity contribution is 0.775. The Balaban J connectivity index is 1.12. The Morgan fingerprint density at radius 3 is 1.50 bits per heavy atom. The van der Waals surface area contributed by atoms with Crippen molar-refractivity contribution in [1.82, 2.24) is 9.55 Å². The molecule has 1 aliphatic carbocycles. The number of benzene rings is 9. The molecule has 2 heterocycles. The fourth-order valence-electron chi connectivity index (χ4n) is 10.1. The van der Waals surface area contributed by atoms with Gasteiger partial charge in [-0.3, -0.25) is 0 Å². The first-order valence-corrected chi connectivity index (χ1v) is 20.7. The zero-order valence-electron chi connectivity index (χ0n) is 32.8. The molecule has 12 rings (SSSR count). The quantitative estimate of drug-likeness (QED) is 0.165. The van der Waals surface area contributed by atoms with Gasteiger partial charge in [0.05, 0.1) is 27.8 Å². The van der Waals surface area contributed by atoms with Crippen LogP contribution >= 0.6 is 0 Å². The van der Waals surface area contributed by atoms with Crippen LogP contribution in [-0.2, 0) is 5.41 Å². The largest absolute Gasteiger partial charge is 0.309 e. The van der Waals surface area contributed by atoms with Crippen LogP contribution in [0.5, 0.6) is 0 Å². The maximum atomic E-state index is 5.41. The highest BCUT2D eigenvalue weighted by atomic mass is 15.0. The Bertz CT molecular complexity index is 3310. The van der Waals surface area contributed by atoms with E-state index in [2.05, 4.69) is 235 Å². The summed E-state index contributed by atoms with van der Waals surface area (Å²) in [7, 11) is 0.